The minimum Gasteiger partial charge on any atom is -0.380 e. The zero-order valence-electron chi connectivity index (χ0n) is 14.0. The Morgan fingerprint density at radius 1 is 1.28 bits per heavy atom. The topological polar surface area (TPSA) is 41.6 Å². The number of carbonyl (C=O) groups is 1. The van der Waals surface area contributed by atoms with E-state index in [1.807, 2.05) is 24.3 Å². The molecule has 0 radical (unpaired) electrons. The van der Waals surface area contributed by atoms with Crippen molar-refractivity contribution in [2.45, 2.75) is 18.9 Å². The van der Waals surface area contributed by atoms with E-state index in [9.17, 15) is 4.79 Å². The van der Waals surface area contributed by atoms with Gasteiger partial charge in [0, 0.05) is 36.0 Å². The van der Waals surface area contributed by atoms with Crippen molar-refractivity contribution in [3.8, 4) is 0 Å². The Kier molecular flexibility index (Phi) is 5.99. The SMILES string of the molecule is COC1CCCN(c2ccc(NC(=O)c3cc(Br)ccc3Cl)cc2)C1. The number of carbonyl (C=O) groups excluding carboxylic acids is 1. The lowest BCUT2D eigenvalue weighted by Crippen LogP contribution is -2.39. The summed E-state index contributed by atoms with van der Waals surface area (Å²) in [6.07, 6.45) is 2.51. The van der Waals surface area contributed by atoms with Crippen molar-refractivity contribution >= 4 is 44.8 Å². The standard InChI is InChI=1S/C19H20BrClN2O2/c1-25-16-3-2-10-23(12-16)15-7-5-14(6-8-15)22-19(24)17-11-13(20)4-9-18(17)21/h4-9,11,16H,2-3,10,12H2,1H3,(H,22,24). The number of hydrogen-bond acceptors (Lipinski definition) is 3. The summed E-state index contributed by atoms with van der Waals surface area (Å²) in [6.45, 7) is 1.93. The van der Waals surface area contributed by atoms with Crippen LogP contribution in [0.15, 0.2) is 46.9 Å². The second-order valence-corrected chi connectivity index (χ2v) is 7.39. The molecule has 1 fully saturated rings. The molecular formula is C19H20BrClN2O2. The second kappa shape index (κ2) is 8.21. The highest BCUT2D eigenvalue weighted by molar-refractivity contribution is 9.10. The molecule has 4 nitrogen and oxygen atoms in total. The summed E-state index contributed by atoms with van der Waals surface area (Å²) in [6, 6.07) is 13.1. The van der Waals surface area contributed by atoms with Gasteiger partial charge in [0.1, 0.15) is 0 Å². The van der Waals surface area contributed by atoms with Crippen LogP contribution in [0.4, 0.5) is 11.4 Å². The van der Waals surface area contributed by atoms with Crippen LogP contribution in [0.1, 0.15) is 23.2 Å². The third-order valence-corrected chi connectivity index (χ3v) is 5.20. The highest BCUT2D eigenvalue weighted by Gasteiger charge is 2.19. The van der Waals surface area contributed by atoms with Gasteiger partial charge in [0.2, 0.25) is 0 Å². The Morgan fingerprint density at radius 3 is 2.76 bits per heavy atom. The molecule has 132 valence electrons. The van der Waals surface area contributed by atoms with E-state index in [-0.39, 0.29) is 12.0 Å². The molecule has 1 unspecified atom stereocenters. The summed E-state index contributed by atoms with van der Waals surface area (Å²) in [5.74, 6) is -0.225. The molecule has 2 aromatic rings. The fourth-order valence-corrected chi connectivity index (χ4v) is 3.56. The van der Waals surface area contributed by atoms with E-state index >= 15 is 0 Å². The van der Waals surface area contributed by atoms with Gasteiger partial charge in [0.25, 0.3) is 5.91 Å². The lowest BCUT2D eigenvalue weighted by molar-refractivity contribution is 0.0893. The maximum Gasteiger partial charge on any atom is 0.257 e. The van der Waals surface area contributed by atoms with Gasteiger partial charge < -0.3 is 15.0 Å². The summed E-state index contributed by atoms with van der Waals surface area (Å²) >= 11 is 9.47. The van der Waals surface area contributed by atoms with Crippen molar-refractivity contribution in [2.75, 3.05) is 30.4 Å². The van der Waals surface area contributed by atoms with E-state index in [0.29, 0.717) is 10.6 Å². The van der Waals surface area contributed by atoms with Crippen LogP contribution in [0.5, 0.6) is 0 Å². The maximum absolute atomic E-state index is 12.4. The first-order valence-corrected chi connectivity index (χ1v) is 9.38. The van der Waals surface area contributed by atoms with Crippen LogP contribution < -0.4 is 10.2 Å². The summed E-state index contributed by atoms with van der Waals surface area (Å²) < 4.78 is 6.29. The van der Waals surface area contributed by atoms with E-state index in [4.69, 9.17) is 16.3 Å². The number of methoxy groups -OCH3 is 1. The van der Waals surface area contributed by atoms with Crippen LogP contribution in [-0.2, 0) is 4.74 Å². The first kappa shape index (κ1) is 18.2. The number of hydrogen-bond donors (Lipinski definition) is 1. The van der Waals surface area contributed by atoms with Gasteiger partial charge in [-0.15, -0.1) is 0 Å². The molecule has 0 spiro atoms. The Balaban J connectivity index is 1.68. The summed E-state index contributed by atoms with van der Waals surface area (Å²) in [7, 11) is 1.76. The van der Waals surface area contributed by atoms with Gasteiger partial charge in [-0.3, -0.25) is 4.79 Å². The van der Waals surface area contributed by atoms with Gasteiger partial charge in [-0.1, -0.05) is 27.5 Å². The monoisotopic (exact) mass is 422 g/mol. The summed E-state index contributed by atoms with van der Waals surface area (Å²) in [5, 5.41) is 3.32. The number of nitrogens with zero attached hydrogens (tertiary/aromatic N) is 1. The quantitative estimate of drug-likeness (QED) is 0.755. The van der Waals surface area contributed by atoms with E-state index < -0.39 is 0 Å². The zero-order chi connectivity index (χ0) is 17.8. The van der Waals surface area contributed by atoms with Gasteiger partial charge in [0.15, 0.2) is 0 Å². The van der Waals surface area contributed by atoms with E-state index in [0.717, 1.165) is 41.8 Å². The largest absolute Gasteiger partial charge is 0.380 e. The number of amides is 1. The van der Waals surface area contributed by atoms with E-state index in [1.165, 1.54) is 0 Å². The fourth-order valence-electron chi connectivity index (χ4n) is 2.99. The molecule has 1 aliphatic heterocycles. The van der Waals surface area contributed by atoms with Gasteiger partial charge in [0.05, 0.1) is 16.7 Å². The minimum absolute atomic E-state index is 0.225. The van der Waals surface area contributed by atoms with Crippen LogP contribution in [0, 0.1) is 0 Å². The van der Waals surface area contributed by atoms with Crippen molar-refractivity contribution in [1.82, 2.24) is 0 Å². The predicted octanol–water partition coefficient (Wildman–Crippen LogP) is 4.97. The predicted molar refractivity (Wildman–Crippen MR) is 106 cm³/mol. The fraction of sp³-hybridized carbons (Fsp3) is 0.316. The highest BCUT2D eigenvalue weighted by atomic mass is 79.9. The Bertz CT molecular complexity index is 752. The molecule has 0 bridgehead atoms. The van der Waals surface area contributed by atoms with Crippen LogP contribution in [0.2, 0.25) is 5.02 Å². The molecule has 6 heteroatoms. The molecule has 1 amide bonds. The molecule has 1 atom stereocenters. The number of benzene rings is 2. The number of anilines is 2. The summed E-state index contributed by atoms with van der Waals surface area (Å²) in [5.41, 5.74) is 2.32. The third kappa shape index (κ3) is 4.54. The molecule has 2 aromatic carbocycles. The van der Waals surface area contributed by atoms with Crippen molar-refractivity contribution in [2.24, 2.45) is 0 Å². The molecule has 1 N–H and O–H groups in total. The molecule has 1 aliphatic rings. The number of nitrogens with one attached hydrogen (secondary N) is 1. The van der Waals surface area contributed by atoms with Crippen molar-refractivity contribution < 1.29 is 9.53 Å². The molecule has 25 heavy (non-hydrogen) atoms. The molecule has 0 aromatic heterocycles. The van der Waals surface area contributed by atoms with Crippen LogP contribution in [0.3, 0.4) is 0 Å². The molecule has 1 saturated heterocycles. The third-order valence-electron chi connectivity index (χ3n) is 4.37. The smallest absolute Gasteiger partial charge is 0.257 e. The summed E-state index contributed by atoms with van der Waals surface area (Å²) in [4.78, 5) is 14.7. The first-order chi connectivity index (χ1) is 12.1. The number of rotatable bonds is 4. The maximum atomic E-state index is 12.4. The van der Waals surface area contributed by atoms with Crippen molar-refractivity contribution in [1.29, 1.82) is 0 Å². The average Bonchev–Trinajstić information content (AvgIpc) is 2.64. The van der Waals surface area contributed by atoms with Gasteiger partial charge >= 0.3 is 0 Å². The van der Waals surface area contributed by atoms with Crippen molar-refractivity contribution in [3.63, 3.8) is 0 Å². The lowest BCUT2D eigenvalue weighted by Gasteiger charge is -2.33. The zero-order valence-corrected chi connectivity index (χ0v) is 16.3. The highest BCUT2D eigenvalue weighted by Crippen LogP contribution is 2.25. The molecule has 0 aliphatic carbocycles. The molecular weight excluding hydrogens is 404 g/mol. The van der Waals surface area contributed by atoms with E-state index in [1.54, 1.807) is 25.3 Å². The second-order valence-electron chi connectivity index (χ2n) is 6.07. The number of ether oxygens (including phenoxy) is 1. The Hall–Kier alpha value is -1.56. The molecule has 3 rings (SSSR count). The minimum atomic E-state index is -0.225. The van der Waals surface area contributed by atoms with Gasteiger partial charge in [-0.2, -0.15) is 0 Å². The van der Waals surface area contributed by atoms with Crippen LogP contribution in [0.25, 0.3) is 0 Å². The first-order valence-electron chi connectivity index (χ1n) is 8.21. The van der Waals surface area contributed by atoms with Gasteiger partial charge in [-0.05, 0) is 55.3 Å². The van der Waals surface area contributed by atoms with E-state index in [2.05, 4.69) is 26.1 Å². The number of halogens is 2. The van der Waals surface area contributed by atoms with Crippen LogP contribution in [-0.4, -0.2) is 32.2 Å². The average molecular weight is 424 g/mol. The van der Waals surface area contributed by atoms with Gasteiger partial charge in [-0.25, -0.2) is 0 Å². The Morgan fingerprint density at radius 2 is 2.04 bits per heavy atom. The Labute approximate surface area is 161 Å². The molecule has 0 saturated carbocycles. The van der Waals surface area contributed by atoms with Crippen molar-refractivity contribution in [3.05, 3.63) is 57.5 Å². The molecule has 1 heterocycles. The lowest BCUT2D eigenvalue weighted by atomic mass is 10.1. The number of piperidine rings is 1. The normalized spacial score (nSPS) is 17.4. The van der Waals surface area contributed by atoms with Crippen LogP contribution >= 0.6 is 27.5 Å².